The average molecular weight is 343 g/mol. The molecule has 0 saturated heterocycles. The largest absolute Gasteiger partial charge is 0.481 e. The summed E-state index contributed by atoms with van der Waals surface area (Å²) in [6.45, 7) is 0.521. The van der Waals surface area contributed by atoms with Gasteiger partial charge < -0.3 is 20.6 Å². The van der Waals surface area contributed by atoms with Gasteiger partial charge in [0.1, 0.15) is 6.04 Å². The van der Waals surface area contributed by atoms with Crippen LogP contribution in [-0.2, 0) is 9.59 Å². The van der Waals surface area contributed by atoms with Crippen molar-refractivity contribution in [3.05, 3.63) is 0 Å². The van der Waals surface area contributed by atoms with E-state index >= 15 is 0 Å². The summed E-state index contributed by atoms with van der Waals surface area (Å²) < 4.78 is 0. The molecule has 1 aliphatic rings. The normalized spacial score (nSPS) is 18.2. The molecule has 0 heterocycles. The predicted molar refractivity (Wildman–Crippen MR) is 92.0 cm³/mol. The van der Waals surface area contributed by atoms with Crippen LogP contribution in [0, 0.1) is 5.92 Å². The van der Waals surface area contributed by atoms with E-state index in [1.165, 1.54) is 19.3 Å². The number of hydrogen-bond donors (Lipinski definition) is 4. The third kappa shape index (κ3) is 9.23. The number of carboxylic acid groups (broad SMARTS) is 2. The monoisotopic (exact) mass is 343 g/mol. The Morgan fingerprint density at radius 3 is 2.25 bits per heavy atom. The van der Waals surface area contributed by atoms with Crippen LogP contribution in [0.4, 0.5) is 0 Å². The van der Waals surface area contributed by atoms with Gasteiger partial charge >= 0.3 is 11.9 Å². The molecular weight excluding hydrogens is 310 g/mol. The molecule has 1 saturated carbocycles. The number of unbranched alkanes of at least 4 members (excludes halogenated alkanes) is 3. The van der Waals surface area contributed by atoms with Gasteiger partial charge in [-0.05, 0) is 44.6 Å². The minimum Gasteiger partial charge on any atom is -0.481 e. The fraction of sp³-hybridized carbons (Fsp3) is 0.889. The van der Waals surface area contributed by atoms with Gasteiger partial charge in [-0.25, -0.2) is 0 Å². The van der Waals surface area contributed by atoms with Gasteiger partial charge in [0.25, 0.3) is 0 Å². The van der Waals surface area contributed by atoms with Gasteiger partial charge in [0, 0.05) is 6.42 Å². The lowest BCUT2D eigenvalue weighted by atomic mass is 9.84. The molecule has 4 N–H and O–H groups in total. The molecule has 24 heavy (non-hydrogen) atoms. The van der Waals surface area contributed by atoms with E-state index in [0.29, 0.717) is 31.7 Å². The zero-order valence-electron chi connectivity index (χ0n) is 14.6. The topological polar surface area (TPSA) is 107 Å². The third-order valence-corrected chi connectivity index (χ3v) is 4.96. The average Bonchev–Trinajstić information content (AvgIpc) is 2.56. The van der Waals surface area contributed by atoms with Crippen molar-refractivity contribution in [1.82, 2.24) is 5.32 Å². The first kappa shape index (κ1) is 20.9. The Morgan fingerprint density at radius 2 is 1.62 bits per heavy atom. The van der Waals surface area contributed by atoms with Crippen molar-refractivity contribution in [3.63, 3.8) is 0 Å². The second-order valence-electron chi connectivity index (χ2n) is 6.95. The van der Waals surface area contributed by atoms with E-state index in [1.807, 2.05) is 0 Å². The Morgan fingerprint density at radius 1 is 0.958 bits per heavy atom. The fourth-order valence-electron chi connectivity index (χ4n) is 3.45. The second-order valence-corrected chi connectivity index (χ2v) is 6.95. The van der Waals surface area contributed by atoms with Gasteiger partial charge in [0.2, 0.25) is 0 Å². The van der Waals surface area contributed by atoms with Crippen molar-refractivity contribution in [1.29, 1.82) is 0 Å². The first-order valence-corrected chi connectivity index (χ1v) is 9.36. The number of carboxylic acids is 2. The van der Waals surface area contributed by atoms with Gasteiger partial charge in [-0.3, -0.25) is 9.59 Å². The molecule has 2 unspecified atom stereocenters. The van der Waals surface area contributed by atoms with Crippen LogP contribution >= 0.6 is 0 Å². The summed E-state index contributed by atoms with van der Waals surface area (Å²) >= 11 is 0. The zero-order valence-corrected chi connectivity index (χ0v) is 14.6. The predicted octanol–water partition coefficient (Wildman–Crippen LogP) is 2.79. The highest BCUT2D eigenvalue weighted by Gasteiger charge is 2.22. The molecule has 0 radical (unpaired) electrons. The number of hydrogen-bond acceptors (Lipinski definition) is 4. The van der Waals surface area contributed by atoms with Gasteiger partial charge in [-0.2, -0.15) is 0 Å². The molecule has 2 atom stereocenters. The summed E-state index contributed by atoms with van der Waals surface area (Å²) in [4.78, 5) is 21.7. The van der Waals surface area contributed by atoms with Gasteiger partial charge in [0.05, 0.1) is 6.10 Å². The summed E-state index contributed by atoms with van der Waals surface area (Å²) in [6, 6.07) is -0.581. The van der Waals surface area contributed by atoms with Crippen molar-refractivity contribution in [2.45, 2.75) is 89.2 Å². The molecule has 0 spiro atoms. The van der Waals surface area contributed by atoms with E-state index in [0.717, 1.165) is 32.1 Å². The fourth-order valence-corrected chi connectivity index (χ4v) is 3.45. The van der Waals surface area contributed by atoms with E-state index in [4.69, 9.17) is 5.11 Å². The Balaban J connectivity index is 2.13. The number of aliphatic carboxylic acids is 2. The second kappa shape index (κ2) is 12.3. The van der Waals surface area contributed by atoms with Gasteiger partial charge in [-0.15, -0.1) is 0 Å². The SMILES string of the molecule is O=C(O)CCCCCCC(NCCC(O)C1CCCCC1)C(=O)O. The molecule has 6 nitrogen and oxygen atoms in total. The molecule has 140 valence electrons. The quantitative estimate of drug-likeness (QED) is 0.383. The maximum Gasteiger partial charge on any atom is 0.320 e. The van der Waals surface area contributed by atoms with Crippen LogP contribution in [0.2, 0.25) is 0 Å². The Kier molecular flexibility index (Phi) is 10.7. The molecule has 1 rings (SSSR count). The van der Waals surface area contributed by atoms with E-state index in [2.05, 4.69) is 5.32 Å². The molecule has 0 aromatic carbocycles. The summed E-state index contributed by atoms with van der Waals surface area (Å²) in [5.41, 5.74) is 0. The Hall–Kier alpha value is -1.14. The maximum absolute atomic E-state index is 11.3. The molecule has 0 aromatic heterocycles. The van der Waals surface area contributed by atoms with Crippen LogP contribution in [0.15, 0.2) is 0 Å². The highest BCUT2D eigenvalue weighted by atomic mass is 16.4. The molecule has 1 aliphatic carbocycles. The lowest BCUT2D eigenvalue weighted by Gasteiger charge is -2.27. The van der Waals surface area contributed by atoms with Crippen molar-refractivity contribution in [2.75, 3.05) is 6.54 Å². The number of aliphatic hydroxyl groups excluding tert-OH is 1. The first-order chi connectivity index (χ1) is 11.5. The van der Waals surface area contributed by atoms with E-state index in [1.54, 1.807) is 0 Å². The molecular formula is C18H33NO5. The number of aliphatic hydroxyl groups is 1. The highest BCUT2D eigenvalue weighted by molar-refractivity contribution is 5.73. The molecule has 6 heteroatoms. The molecule has 1 fully saturated rings. The molecule has 0 aromatic rings. The minimum atomic E-state index is -0.854. The van der Waals surface area contributed by atoms with Crippen LogP contribution in [0.3, 0.4) is 0 Å². The van der Waals surface area contributed by atoms with Crippen molar-refractivity contribution >= 4 is 11.9 Å². The van der Waals surface area contributed by atoms with E-state index in [9.17, 15) is 19.8 Å². The van der Waals surface area contributed by atoms with Crippen molar-refractivity contribution in [2.24, 2.45) is 5.92 Å². The van der Waals surface area contributed by atoms with Crippen LogP contribution in [0.1, 0.15) is 77.0 Å². The van der Waals surface area contributed by atoms with Crippen LogP contribution in [0.25, 0.3) is 0 Å². The number of nitrogens with one attached hydrogen (secondary N) is 1. The van der Waals surface area contributed by atoms with Crippen LogP contribution in [0.5, 0.6) is 0 Å². The summed E-state index contributed by atoms with van der Waals surface area (Å²) in [5, 5.41) is 31.1. The zero-order chi connectivity index (χ0) is 17.8. The van der Waals surface area contributed by atoms with Crippen LogP contribution < -0.4 is 5.32 Å². The smallest absolute Gasteiger partial charge is 0.320 e. The Bertz CT molecular complexity index is 368. The standard InChI is InChI=1S/C18H33NO5/c20-16(14-8-4-3-5-9-14)12-13-19-15(18(23)24)10-6-1-2-7-11-17(21)22/h14-16,19-20H,1-13H2,(H,21,22)(H,23,24). The number of carbonyl (C=O) groups is 2. The van der Waals surface area contributed by atoms with Gasteiger partial charge in [-0.1, -0.05) is 38.5 Å². The maximum atomic E-state index is 11.3. The highest BCUT2D eigenvalue weighted by Crippen LogP contribution is 2.27. The van der Waals surface area contributed by atoms with Crippen LogP contribution in [-0.4, -0.2) is 45.9 Å². The van der Waals surface area contributed by atoms with E-state index < -0.39 is 18.0 Å². The molecule has 0 aliphatic heterocycles. The molecule has 0 amide bonds. The minimum absolute atomic E-state index is 0.180. The lowest BCUT2D eigenvalue weighted by Crippen LogP contribution is -2.39. The third-order valence-electron chi connectivity index (χ3n) is 4.96. The van der Waals surface area contributed by atoms with Crippen molar-refractivity contribution in [3.8, 4) is 0 Å². The summed E-state index contributed by atoms with van der Waals surface area (Å²) in [7, 11) is 0. The Labute approximate surface area is 144 Å². The van der Waals surface area contributed by atoms with E-state index in [-0.39, 0.29) is 12.5 Å². The number of rotatable bonds is 13. The summed E-state index contributed by atoms with van der Waals surface area (Å²) in [5.74, 6) is -1.26. The summed E-state index contributed by atoms with van der Waals surface area (Å²) in [6.07, 6.45) is 9.89. The van der Waals surface area contributed by atoms with Crippen molar-refractivity contribution < 1.29 is 24.9 Å². The first-order valence-electron chi connectivity index (χ1n) is 9.36. The molecule has 0 bridgehead atoms. The van der Waals surface area contributed by atoms with Gasteiger partial charge in [0.15, 0.2) is 0 Å². The lowest BCUT2D eigenvalue weighted by molar-refractivity contribution is -0.140.